The van der Waals surface area contributed by atoms with Crippen LogP contribution >= 0.6 is 0 Å². The predicted octanol–water partition coefficient (Wildman–Crippen LogP) is 3.10. The highest BCUT2D eigenvalue weighted by Crippen LogP contribution is 2.24. The zero-order valence-corrected chi connectivity index (χ0v) is 17.9. The van der Waals surface area contributed by atoms with Crippen LogP contribution in [0.4, 0.5) is 0 Å². The summed E-state index contributed by atoms with van der Waals surface area (Å²) in [6.45, 7) is -0.207. The molecule has 0 aliphatic heterocycles. The van der Waals surface area contributed by atoms with Crippen LogP contribution in [0.25, 0.3) is 0 Å². The molecule has 7 nitrogen and oxygen atoms in total. The Morgan fingerprint density at radius 1 is 0.906 bits per heavy atom. The highest BCUT2D eigenvalue weighted by atomic mass is 16.5. The number of methoxy groups -OCH3 is 2. The van der Waals surface area contributed by atoms with Gasteiger partial charge in [0.05, 0.1) is 32.9 Å². The number of nitrogens with zero attached hydrogens (tertiary/aromatic N) is 1. The van der Waals surface area contributed by atoms with E-state index in [1.807, 2.05) is 60.7 Å². The third-order valence-corrected chi connectivity index (χ3v) is 4.78. The van der Waals surface area contributed by atoms with E-state index in [0.717, 1.165) is 11.1 Å². The molecule has 0 radical (unpaired) electrons. The summed E-state index contributed by atoms with van der Waals surface area (Å²) in [5.41, 5.74) is 4.75. The summed E-state index contributed by atoms with van der Waals surface area (Å²) in [5, 5.41) is 6.65. The zero-order chi connectivity index (χ0) is 22.8. The van der Waals surface area contributed by atoms with Crippen molar-refractivity contribution in [1.82, 2.24) is 10.7 Å². The van der Waals surface area contributed by atoms with Crippen molar-refractivity contribution >= 4 is 18.0 Å². The number of benzene rings is 3. The van der Waals surface area contributed by atoms with Crippen LogP contribution < -0.4 is 20.2 Å². The largest absolute Gasteiger partial charge is 0.497 e. The lowest BCUT2D eigenvalue weighted by Gasteiger charge is -2.17. The van der Waals surface area contributed by atoms with Crippen molar-refractivity contribution in [3.8, 4) is 11.5 Å². The topological polar surface area (TPSA) is 89.0 Å². The summed E-state index contributed by atoms with van der Waals surface area (Å²) in [4.78, 5) is 25.2. The van der Waals surface area contributed by atoms with Crippen LogP contribution in [0.5, 0.6) is 11.5 Å². The van der Waals surface area contributed by atoms with Gasteiger partial charge in [-0.25, -0.2) is 5.43 Å². The molecule has 0 bridgehead atoms. The van der Waals surface area contributed by atoms with E-state index in [9.17, 15) is 9.59 Å². The van der Waals surface area contributed by atoms with Crippen molar-refractivity contribution in [3.05, 3.63) is 95.6 Å². The van der Waals surface area contributed by atoms with E-state index in [2.05, 4.69) is 15.8 Å². The lowest BCUT2D eigenvalue weighted by atomic mass is 9.90. The first-order valence-corrected chi connectivity index (χ1v) is 10.0. The Hall–Kier alpha value is -4.13. The lowest BCUT2D eigenvalue weighted by Crippen LogP contribution is -2.37. The SMILES string of the molecule is COc1ccc(OC)c(/C=N\NC(=O)CNC(=O)C(c2ccccc2)c2ccccc2)c1. The number of hydrogen-bond acceptors (Lipinski definition) is 5. The predicted molar refractivity (Wildman–Crippen MR) is 123 cm³/mol. The summed E-state index contributed by atoms with van der Waals surface area (Å²) in [5.74, 6) is -0.00792. The fourth-order valence-electron chi connectivity index (χ4n) is 3.21. The number of carbonyl (C=O) groups is 2. The molecular weight excluding hydrogens is 406 g/mol. The van der Waals surface area contributed by atoms with Gasteiger partial charge >= 0.3 is 0 Å². The molecule has 0 aliphatic carbocycles. The smallest absolute Gasteiger partial charge is 0.259 e. The number of hydrazone groups is 1. The van der Waals surface area contributed by atoms with Crippen LogP contribution in [0, 0.1) is 0 Å². The van der Waals surface area contributed by atoms with Crippen LogP contribution in [-0.2, 0) is 9.59 Å². The third kappa shape index (κ3) is 5.95. The van der Waals surface area contributed by atoms with E-state index in [1.165, 1.54) is 6.21 Å². The van der Waals surface area contributed by atoms with E-state index in [4.69, 9.17) is 9.47 Å². The van der Waals surface area contributed by atoms with E-state index in [0.29, 0.717) is 17.1 Å². The average molecular weight is 431 g/mol. The highest BCUT2D eigenvalue weighted by Gasteiger charge is 2.22. The second kappa shape index (κ2) is 11.3. The minimum Gasteiger partial charge on any atom is -0.497 e. The maximum Gasteiger partial charge on any atom is 0.259 e. The quantitative estimate of drug-likeness (QED) is 0.403. The molecule has 2 N–H and O–H groups in total. The molecule has 0 atom stereocenters. The molecule has 0 saturated carbocycles. The fourth-order valence-corrected chi connectivity index (χ4v) is 3.21. The number of rotatable bonds is 9. The van der Waals surface area contributed by atoms with Gasteiger partial charge in [-0.1, -0.05) is 60.7 Å². The van der Waals surface area contributed by atoms with Gasteiger partial charge in [-0.2, -0.15) is 5.10 Å². The first-order chi connectivity index (χ1) is 15.6. The summed E-state index contributed by atoms with van der Waals surface area (Å²) < 4.78 is 10.5. The fraction of sp³-hybridized carbons (Fsp3) is 0.160. The number of carbonyl (C=O) groups excluding carboxylic acids is 2. The van der Waals surface area contributed by atoms with Gasteiger partial charge in [-0.05, 0) is 29.3 Å². The Kier molecular flexibility index (Phi) is 7.97. The van der Waals surface area contributed by atoms with Gasteiger partial charge in [0.2, 0.25) is 5.91 Å². The molecule has 0 fully saturated rings. The average Bonchev–Trinajstić information content (AvgIpc) is 2.84. The molecule has 164 valence electrons. The van der Waals surface area contributed by atoms with Crippen molar-refractivity contribution in [2.75, 3.05) is 20.8 Å². The molecule has 3 aromatic rings. The molecule has 0 unspecified atom stereocenters. The summed E-state index contributed by atoms with van der Waals surface area (Å²) in [6.07, 6.45) is 1.46. The van der Waals surface area contributed by atoms with E-state index >= 15 is 0 Å². The monoisotopic (exact) mass is 431 g/mol. The van der Waals surface area contributed by atoms with Gasteiger partial charge in [-0.15, -0.1) is 0 Å². The maximum absolute atomic E-state index is 12.9. The highest BCUT2D eigenvalue weighted by molar-refractivity contribution is 5.91. The van der Waals surface area contributed by atoms with Crippen LogP contribution in [0.3, 0.4) is 0 Å². The number of hydrogen-bond donors (Lipinski definition) is 2. The Balaban J connectivity index is 1.62. The van der Waals surface area contributed by atoms with E-state index < -0.39 is 11.8 Å². The molecule has 0 heterocycles. The molecule has 32 heavy (non-hydrogen) atoms. The summed E-state index contributed by atoms with van der Waals surface area (Å²) in [7, 11) is 3.11. The van der Waals surface area contributed by atoms with E-state index in [1.54, 1.807) is 32.4 Å². The third-order valence-electron chi connectivity index (χ3n) is 4.78. The second-order valence-electron chi connectivity index (χ2n) is 6.87. The minimum absolute atomic E-state index is 0.207. The molecule has 3 rings (SSSR count). The van der Waals surface area contributed by atoms with Crippen molar-refractivity contribution < 1.29 is 19.1 Å². The van der Waals surface area contributed by atoms with Gasteiger partial charge in [-0.3, -0.25) is 9.59 Å². The van der Waals surface area contributed by atoms with Gasteiger partial charge < -0.3 is 14.8 Å². The lowest BCUT2D eigenvalue weighted by molar-refractivity contribution is -0.126. The maximum atomic E-state index is 12.9. The van der Waals surface area contributed by atoms with Crippen molar-refractivity contribution in [3.63, 3.8) is 0 Å². The number of ether oxygens (including phenoxy) is 2. The van der Waals surface area contributed by atoms with Crippen molar-refractivity contribution in [2.45, 2.75) is 5.92 Å². The number of nitrogens with one attached hydrogen (secondary N) is 2. The Morgan fingerprint density at radius 3 is 2.09 bits per heavy atom. The normalized spacial score (nSPS) is 10.7. The Morgan fingerprint density at radius 2 is 1.53 bits per heavy atom. The first kappa shape index (κ1) is 22.6. The number of amides is 2. The second-order valence-corrected chi connectivity index (χ2v) is 6.87. The minimum atomic E-state index is -0.519. The van der Waals surface area contributed by atoms with Crippen LogP contribution in [0.15, 0.2) is 84.0 Å². The molecule has 7 heteroatoms. The first-order valence-electron chi connectivity index (χ1n) is 10.0. The Labute approximate surface area is 187 Å². The van der Waals surface area contributed by atoms with E-state index in [-0.39, 0.29) is 12.5 Å². The summed E-state index contributed by atoms with van der Waals surface area (Å²) in [6, 6.07) is 24.1. The van der Waals surface area contributed by atoms with Crippen molar-refractivity contribution in [1.29, 1.82) is 0 Å². The molecule has 3 aromatic carbocycles. The van der Waals surface area contributed by atoms with Crippen LogP contribution in [-0.4, -0.2) is 38.8 Å². The standard InChI is InChI=1S/C25H25N3O4/c1-31-21-13-14-22(32-2)20(15-21)16-27-28-23(29)17-26-25(30)24(18-9-5-3-6-10-18)19-11-7-4-8-12-19/h3-16,24H,17H2,1-2H3,(H,26,30)(H,28,29)/b27-16-. The van der Waals surface area contributed by atoms with Crippen molar-refractivity contribution in [2.24, 2.45) is 5.10 Å². The van der Waals surface area contributed by atoms with Gasteiger partial charge in [0.15, 0.2) is 0 Å². The molecule has 0 aromatic heterocycles. The van der Waals surface area contributed by atoms with Gasteiger partial charge in [0.1, 0.15) is 11.5 Å². The molecule has 0 spiro atoms. The molecule has 2 amide bonds. The van der Waals surface area contributed by atoms with Gasteiger partial charge in [0, 0.05) is 5.56 Å². The van der Waals surface area contributed by atoms with Gasteiger partial charge in [0.25, 0.3) is 5.91 Å². The Bertz CT molecular complexity index is 1030. The summed E-state index contributed by atoms with van der Waals surface area (Å²) >= 11 is 0. The molecular formula is C25H25N3O4. The van der Waals surface area contributed by atoms with Crippen LogP contribution in [0.2, 0.25) is 0 Å². The zero-order valence-electron chi connectivity index (χ0n) is 17.9. The van der Waals surface area contributed by atoms with Crippen LogP contribution in [0.1, 0.15) is 22.6 Å². The molecule has 0 aliphatic rings. The molecule has 0 saturated heterocycles.